The van der Waals surface area contributed by atoms with E-state index >= 15 is 0 Å². The summed E-state index contributed by atoms with van der Waals surface area (Å²) in [6, 6.07) is 14.5. The van der Waals surface area contributed by atoms with E-state index in [9.17, 15) is 4.79 Å². The van der Waals surface area contributed by atoms with Gasteiger partial charge in [-0.15, -0.1) is 11.3 Å². The van der Waals surface area contributed by atoms with Crippen molar-refractivity contribution in [1.82, 2.24) is 9.80 Å². The number of rotatable bonds is 5. The van der Waals surface area contributed by atoms with Gasteiger partial charge >= 0.3 is 0 Å². The molecule has 2 aliphatic rings. The van der Waals surface area contributed by atoms with Crippen LogP contribution in [-0.4, -0.2) is 48.7 Å². The Morgan fingerprint density at radius 1 is 1.03 bits per heavy atom. The van der Waals surface area contributed by atoms with Gasteiger partial charge in [0.2, 0.25) is 6.79 Å². The molecule has 30 heavy (non-hydrogen) atoms. The van der Waals surface area contributed by atoms with Gasteiger partial charge in [0, 0.05) is 37.4 Å². The highest BCUT2D eigenvalue weighted by Crippen LogP contribution is 2.34. The molecule has 0 N–H and O–H groups in total. The van der Waals surface area contributed by atoms with Crippen LogP contribution in [0.5, 0.6) is 11.5 Å². The van der Waals surface area contributed by atoms with Crippen molar-refractivity contribution in [3.05, 3.63) is 58.5 Å². The number of hydrogen-bond donors (Lipinski definition) is 0. The van der Waals surface area contributed by atoms with Crippen molar-refractivity contribution >= 4 is 27.3 Å². The molecule has 2 aliphatic heterocycles. The number of nitrogens with zero attached hydrogens (tertiary/aromatic N) is 2. The Kier molecular flexibility index (Phi) is 5.35. The summed E-state index contributed by atoms with van der Waals surface area (Å²) in [5.41, 5.74) is 2.44. The molecule has 3 aromatic rings. The summed E-state index contributed by atoms with van der Waals surface area (Å²) in [4.78, 5) is 18.7. The number of fused-ring (bicyclic) bond motifs is 2. The van der Waals surface area contributed by atoms with Crippen LogP contribution in [0.3, 0.4) is 0 Å². The lowest BCUT2D eigenvalue weighted by molar-refractivity contribution is 0.0632. The van der Waals surface area contributed by atoms with Gasteiger partial charge in [0.25, 0.3) is 5.91 Å². The summed E-state index contributed by atoms with van der Waals surface area (Å²) in [5.74, 6) is 1.84. The summed E-state index contributed by atoms with van der Waals surface area (Å²) in [6.45, 7) is 6.64. The molecule has 156 valence electrons. The van der Waals surface area contributed by atoms with Crippen LogP contribution in [-0.2, 0) is 13.0 Å². The second-order valence-corrected chi connectivity index (χ2v) is 8.96. The van der Waals surface area contributed by atoms with Gasteiger partial charge in [-0.25, -0.2) is 0 Å². The lowest BCUT2D eigenvalue weighted by atomic mass is 10.1. The first kappa shape index (κ1) is 19.4. The fourth-order valence-corrected chi connectivity index (χ4v) is 5.54. The monoisotopic (exact) mass is 422 g/mol. The van der Waals surface area contributed by atoms with E-state index in [2.05, 4.69) is 48.2 Å². The highest BCUT2D eigenvalue weighted by atomic mass is 32.1. The molecular formula is C24H26N2O3S. The molecule has 0 unspecified atom stereocenters. The minimum absolute atomic E-state index is 0.197. The maximum atomic E-state index is 13.3. The molecule has 1 aromatic heterocycles. The van der Waals surface area contributed by atoms with Crippen molar-refractivity contribution in [2.24, 2.45) is 0 Å². The average Bonchev–Trinajstić information content (AvgIpc) is 3.39. The van der Waals surface area contributed by atoms with Crippen LogP contribution in [0.1, 0.15) is 34.1 Å². The van der Waals surface area contributed by atoms with E-state index < -0.39 is 0 Å². The number of carbonyl (C=O) groups is 1. The number of aryl methyl sites for hydroxylation is 1. The number of amides is 1. The van der Waals surface area contributed by atoms with E-state index in [-0.39, 0.29) is 5.91 Å². The molecule has 3 heterocycles. The maximum Gasteiger partial charge on any atom is 0.264 e. The SMILES string of the molecule is CCCc1c(C(=O)N2CCN(Cc3ccc4c(c3)OCO4)CC2)sc2ccccc12. The van der Waals surface area contributed by atoms with Gasteiger partial charge in [0.05, 0.1) is 4.88 Å². The molecule has 1 saturated heterocycles. The molecule has 5 rings (SSSR count). The normalized spacial score (nSPS) is 16.4. The lowest BCUT2D eigenvalue weighted by Crippen LogP contribution is -2.48. The smallest absolute Gasteiger partial charge is 0.264 e. The van der Waals surface area contributed by atoms with Crippen LogP contribution in [0, 0.1) is 0 Å². The zero-order valence-electron chi connectivity index (χ0n) is 17.2. The van der Waals surface area contributed by atoms with Crippen LogP contribution in [0.25, 0.3) is 10.1 Å². The van der Waals surface area contributed by atoms with Crippen LogP contribution in [0.4, 0.5) is 0 Å². The average molecular weight is 423 g/mol. The standard InChI is InChI=1S/C24H26N2O3S/c1-2-5-19-18-6-3-4-7-22(18)30-23(19)24(27)26-12-10-25(11-13-26)15-17-8-9-20-21(14-17)29-16-28-20/h3-4,6-9,14H,2,5,10-13,15-16H2,1H3. The molecule has 0 atom stereocenters. The zero-order chi connectivity index (χ0) is 20.5. The van der Waals surface area contributed by atoms with Crippen LogP contribution < -0.4 is 9.47 Å². The Morgan fingerprint density at radius 2 is 1.83 bits per heavy atom. The molecular weight excluding hydrogens is 396 g/mol. The maximum absolute atomic E-state index is 13.3. The van der Waals surface area contributed by atoms with E-state index in [0.29, 0.717) is 6.79 Å². The number of thiophene rings is 1. The van der Waals surface area contributed by atoms with E-state index in [4.69, 9.17) is 9.47 Å². The molecule has 0 bridgehead atoms. The van der Waals surface area contributed by atoms with Crippen molar-refractivity contribution in [2.45, 2.75) is 26.3 Å². The van der Waals surface area contributed by atoms with E-state index in [1.165, 1.54) is 21.2 Å². The molecule has 0 spiro atoms. The predicted molar refractivity (Wildman–Crippen MR) is 120 cm³/mol. The Labute approximate surface area is 180 Å². The third kappa shape index (κ3) is 3.66. The van der Waals surface area contributed by atoms with Crippen LogP contribution in [0.2, 0.25) is 0 Å². The number of benzene rings is 2. The first-order chi connectivity index (χ1) is 14.7. The quantitative estimate of drug-likeness (QED) is 0.605. The fraction of sp³-hybridized carbons (Fsp3) is 0.375. The Bertz CT molecular complexity index is 1070. The first-order valence-electron chi connectivity index (χ1n) is 10.6. The highest BCUT2D eigenvalue weighted by Gasteiger charge is 2.26. The summed E-state index contributed by atoms with van der Waals surface area (Å²) >= 11 is 1.65. The second-order valence-electron chi connectivity index (χ2n) is 7.91. The first-order valence-corrected chi connectivity index (χ1v) is 11.4. The van der Waals surface area contributed by atoms with Gasteiger partial charge in [0.15, 0.2) is 11.5 Å². The Balaban J connectivity index is 1.26. The lowest BCUT2D eigenvalue weighted by Gasteiger charge is -2.34. The van der Waals surface area contributed by atoms with Crippen LogP contribution in [0.15, 0.2) is 42.5 Å². The predicted octanol–water partition coefficient (Wildman–Crippen LogP) is 4.54. The van der Waals surface area contributed by atoms with Crippen molar-refractivity contribution in [2.75, 3.05) is 33.0 Å². The molecule has 2 aromatic carbocycles. The summed E-state index contributed by atoms with van der Waals surface area (Å²) in [6.07, 6.45) is 2.00. The molecule has 1 amide bonds. The van der Waals surface area contributed by atoms with Crippen molar-refractivity contribution < 1.29 is 14.3 Å². The molecule has 0 saturated carbocycles. The van der Waals surface area contributed by atoms with E-state index in [0.717, 1.165) is 61.9 Å². The molecule has 6 heteroatoms. The minimum atomic E-state index is 0.197. The zero-order valence-corrected chi connectivity index (χ0v) is 18.0. The summed E-state index contributed by atoms with van der Waals surface area (Å²) < 4.78 is 12.1. The molecule has 0 aliphatic carbocycles. The van der Waals surface area contributed by atoms with Gasteiger partial charge < -0.3 is 14.4 Å². The van der Waals surface area contributed by atoms with Crippen LogP contribution >= 0.6 is 11.3 Å². The summed E-state index contributed by atoms with van der Waals surface area (Å²) in [5, 5.41) is 1.24. The second kappa shape index (κ2) is 8.28. The number of hydrogen-bond acceptors (Lipinski definition) is 5. The number of piperazine rings is 1. The van der Waals surface area contributed by atoms with Gasteiger partial charge in [-0.05, 0) is 41.1 Å². The topological polar surface area (TPSA) is 42.0 Å². The third-order valence-electron chi connectivity index (χ3n) is 5.90. The highest BCUT2D eigenvalue weighted by molar-refractivity contribution is 7.21. The Hall–Kier alpha value is -2.57. The van der Waals surface area contributed by atoms with Gasteiger partial charge in [-0.1, -0.05) is 37.6 Å². The largest absolute Gasteiger partial charge is 0.454 e. The number of ether oxygens (including phenoxy) is 2. The van der Waals surface area contributed by atoms with E-state index in [1.54, 1.807) is 11.3 Å². The van der Waals surface area contributed by atoms with Crippen molar-refractivity contribution in [1.29, 1.82) is 0 Å². The third-order valence-corrected chi connectivity index (χ3v) is 7.10. The summed E-state index contributed by atoms with van der Waals surface area (Å²) in [7, 11) is 0. The molecule has 1 fully saturated rings. The van der Waals surface area contributed by atoms with Gasteiger partial charge in [-0.3, -0.25) is 9.69 Å². The minimum Gasteiger partial charge on any atom is -0.454 e. The van der Waals surface area contributed by atoms with Crippen molar-refractivity contribution in [3.63, 3.8) is 0 Å². The van der Waals surface area contributed by atoms with Crippen molar-refractivity contribution in [3.8, 4) is 11.5 Å². The van der Waals surface area contributed by atoms with E-state index in [1.807, 2.05) is 11.0 Å². The molecule has 5 nitrogen and oxygen atoms in total. The Morgan fingerprint density at radius 3 is 2.67 bits per heavy atom. The van der Waals surface area contributed by atoms with Gasteiger partial charge in [-0.2, -0.15) is 0 Å². The van der Waals surface area contributed by atoms with Gasteiger partial charge in [0.1, 0.15) is 0 Å². The molecule has 0 radical (unpaired) electrons. The number of carbonyl (C=O) groups excluding carboxylic acids is 1. The fourth-order valence-electron chi connectivity index (χ4n) is 4.32.